The fourth-order valence-electron chi connectivity index (χ4n) is 1.30. The van der Waals surface area contributed by atoms with Crippen molar-refractivity contribution in [3.63, 3.8) is 0 Å². The van der Waals surface area contributed by atoms with Crippen LogP contribution in [0, 0.1) is 0 Å². The van der Waals surface area contributed by atoms with E-state index in [1.165, 1.54) is 12.8 Å². The summed E-state index contributed by atoms with van der Waals surface area (Å²) >= 11 is 1.71. The normalized spacial score (nSPS) is 26.0. The number of aliphatic hydroxyl groups is 2. The summed E-state index contributed by atoms with van der Waals surface area (Å²) in [5.41, 5.74) is 0. The molecule has 0 radical (unpaired) electrons. The fourth-order valence-corrected chi connectivity index (χ4v) is 2.38. The van der Waals surface area contributed by atoms with Gasteiger partial charge in [0.1, 0.15) is 0 Å². The van der Waals surface area contributed by atoms with Crippen LogP contribution in [0.3, 0.4) is 0 Å². The number of nitrogens with one attached hydrogen (secondary N) is 1. The van der Waals surface area contributed by atoms with Crippen molar-refractivity contribution in [2.75, 3.05) is 24.7 Å². The van der Waals surface area contributed by atoms with Gasteiger partial charge in [-0.15, -0.1) is 0 Å². The summed E-state index contributed by atoms with van der Waals surface area (Å²) in [7, 11) is 0. The highest BCUT2D eigenvalue weighted by Crippen LogP contribution is 2.12. The molecule has 0 saturated carbocycles. The summed E-state index contributed by atoms with van der Waals surface area (Å²) in [4.78, 5) is 0. The van der Waals surface area contributed by atoms with E-state index in [-0.39, 0.29) is 6.61 Å². The van der Waals surface area contributed by atoms with Crippen LogP contribution in [0.4, 0.5) is 0 Å². The molecule has 12 heavy (non-hydrogen) atoms. The second-order valence-corrected chi connectivity index (χ2v) is 4.24. The van der Waals surface area contributed by atoms with Crippen molar-refractivity contribution in [1.29, 1.82) is 0 Å². The van der Waals surface area contributed by atoms with E-state index in [9.17, 15) is 0 Å². The Morgan fingerprint density at radius 1 is 1.58 bits per heavy atom. The Labute approximate surface area is 77.5 Å². The molecule has 0 aromatic heterocycles. The highest BCUT2D eigenvalue weighted by Gasteiger charge is 2.13. The zero-order valence-electron chi connectivity index (χ0n) is 7.20. The van der Waals surface area contributed by atoms with E-state index >= 15 is 0 Å². The predicted octanol–water partition coefficient (Wildman–Crippen LogP) is -0.175. The summed E-state index contributed by atoms with van der Waals surface area (Å²) < 4.78 is 0. The Bertz CT molecular complexity index is 118. The minimum atomic E-state index is -0.545. The second-order valence-electron chi connectivity index (χ2n) is 3.17. The molecule has 3 N–H and O–H groups in total. The van der Waals surface area contributed by atoms with Crippen molar-refractivity contribution in [1.82, 2.24) is 5.32 Å². The lowest BCUT2D eigenvalue weighted by Crippen LogP contribution is -2.25. The van der Waals surface area contributed by atoms with Crippen LogP contribution < -0.4 is 5.32 Å². The maximum absolute atomic E-state index is 9.04. The molecule has 0 spiro atoms. The molecule has 3 nitrogen and oxygen atoms in total. The van der Waals surface area contributed by atoms with E-state index < -0.39 is 6.10 Å². The van der Waals surface area contributed by atoms with Gasteiger partial charge in [-0.25, -0.2) is 0 Å². The average Bonchev–Trinajstić information content (AvgIpc) is 2.57. The molecule has 2 atom stereocenters. The number of aliphatic hydroxyl groups excluding tert-OH is 2. The lowest BCUT2D eigenvalue weighted by molar-refractivity contribution is 0.113. The minimum absolute atomic E-state index is 0.120. The van der Waals surface area contributed by atoms with Gasteiger partial charge in [-0.05, 0) is 19.4 Å². The SMILES string of the molecule is OCC(O)CSCC1CCCN1. The first-order valence-electron chi connectivity index (χ1n) is 4.43. The van der Waals surface area contributed by atoms with Gasteiger partial charge in [-0.1, -0.05) is 0 Å². The maximum Gasteiger partial charge on any atom is 0.0861 e. The molecule has 0 aromatic carbocycles. The van der Waals surface area contributed by atoms with Crippen molar-refractivity contribution in [3.05, 3.63) is 0 Å². The Kier molecular flexibility index (Phi) is 4.99. The third-order valence-electron chi connectivity index (χ3n) is 2.00. The molecule has 0 aliphatic carbocycles. The van der Waals surface area contributed by atoms with Crippen LogP contribution in [0.5, 0.6) is 0 Å². The summed E-state index contributed by atoms with van der Waals surface area (Å²) in [6.07, 6.45) is 1.98. The van der Waals surface area contributed by atoms with Gasteiger partial charge in [-0.3, -0.25) is 0 Å². The van der Waals surface area contributed by atoms with Gasteiger partial charge in [0.15, 0.2) is 0 Å². The van der Waals surface area contributed by atoms with Crippen LogP contribution in [-0.4, -0.2) is 47.0 Å². The van der Waals surface area contributed by atoms with Gasteiger partial charge < -0.3 is 15.5 Å². The summed E-state index contributed by atoms with van der Waals surface area (Å²) in [6.45, 7) is 1.01. The number of rotatable bonds is 5. The smallest absolute Gasteiger partial charge is 0.0861 e. The average molecular weight is 191 g/mol. The van der Waals surface area contributed by atoms with Crippen molar-refractivity contribution in [3.8, 4) is 0 Å². The molecule has 1 rings (SSSR count). The van der Waals surface area contributed by atoms with Crippen LogP contribution in [0.2, 0.25) is 0 Å². The topological polar surface area (TPSA) is 52.5 Å². The number of hydrogen-bond acceptors (Lipinski definition) is 4. The first-order valence-corrected chi connectivity index (χ1v) is 5.58. The van der Waals surface area contributed by atoms with Gasteiger partial charge in [0, 0.05) is 17.5 Å². The highest BCUT2D eigenvalue weighted by molar-refractivity contribution is 7.99. The van der Waals surface area contributed by atoms with E-state index in [0.717, 1.165) is 12.3 Å². The zero-order chi connectivity index (χ0) is 8.81. The molecule has 0 aromatic rings. The third kappa shape index (κ3) is 3.76. The predicted molar refractivity (Wildman–Crippen MR) is 51.4 cm³/mol. The van der Waals surface area contributed by atoms with E-state index in [1.807, 2.05) is 0 Å². The van der Waals surface area contributed by atoms with Crippen molar-refractivity contribution in [2.45, 2.75) is 25.0 Å². The lowest BCUT2D eigenvalue weighted by Gasteiger charge is -2.10. The second kappa shape index (κ2) is 5.80. The molecule has 72 valence electrons. The largest absolute Gasteiger partial charge is 0.394 e. The molecule has 1 aliphatic heterocycles. The Morgan fingerprint density at radius 2 is 2.42 bits per heavy atom. The number of hydrogen-bond donors (Lipinski definition) is 3. The van der Waals surface area contributed by atoms with Crippen LogP contribution in [-0.2, 0) is 0 Å². The van der Waals surface area contributed by atoms with Crippen LogP contribution >= 0.6 is 11.8 Å². The standard InChI is InChI=1S/C8H17NO2S/c10-4-8(11)6-12-5-7-2-1-3-9-7/h7-11H,1-6H2. The first-order chi connectivity index (χ1) is 5.83. The van der Waals surface area contributed by atoms with E-state index in [4.69, 9.17) is 10.2 Å². The van der Waals surface area contributed by atoms with Crippen LogP contribution in [0.15, 0.2) is 0 Å². The summed E-state index contributed by atoms with van der Waals surface area (Å²) in [6, 6.07) is 0.626. The maximum atomic E-state index is 9.04. The number of thioether (sulfide) groups is 1. The monoisotopic (exact) mass is 191 g/mol. The van der Waals surface area contributed by atoms with Crippen molar-refractivity contribution in [2.24, 2.45) is 0 Å². The Balaban J connectivity index is 1.94. The molecule has 1 aliphatic rings. The van der Waals surface area contributed by atoms with E-state index in [1.54, 1.807) is 11.8 Å². The van der Waals surface area contributed by atoms with Crippen molar-refractivity contribution < 1.29 is 10.2 Å². The lowest BCUT2D eigenvalue weighted by atomic mass is 10.3. The molecule has 1 fully saturated rings. The van der Waals surface area contributed by atoms with E-state index in [0.29, 0.717) is 11.8 Å². The van der Waals surface area contributed by atoms with E-state index in [2.05, 4.69) is 5.32 Å². The quantitative estimate of drug-likeness (QED) is 0.564. The fraction of sp³-hybridized carbons (Fsp3) is 1.00. The molecule has 1 heterocycles. The third-order valence-corrected chi connectivity index (χ3v) is 3.26. The van der Waals surface area contributed by atoms with Crippen molar-refractivity contribution >= 4 is 11.8 Å². The van der Waals surface area contributed by atoms with Gasteiger partial charge in [-0.2, -0.15) is 11.8 Å². The Morgan fingerprint density at radius 3 is 3.00 bits per heavy atom. The van der Waals surface area contributed by atoms with Gasteiger partial charge in [0.25, 0.3) is 0 Å². The first kappa shape index (κ1) is 10.3. The van der Waals surface area contributed by atoms with Crippen LogP contribution in [0.25, 0.3) is 0 Å². The van der Waals surface area contributed by atoms with Gasteiger partial charge in [0.2, 0.25) is 0 Å². The molecule has 0 bridgehead atoms. The molecular weight excluding hydrogens is 174 g/mol. The zero-order valence-corrected chi connectivity index (χ0v) is 8.02. The Hall–Kier alpha value is 0.230. The molecule has 1 saturated heterocycles. The molecular formula is C8H17NO2S. The highest BCUT2D eigenvalue weighted by atomic mass is 32.2. The minimum Gasteiger partial charge on any atom is -0.394 e. The summed E-state index contributed by atoms with van der Waals surface area (Å²) in [5.74, 6) is 1.70. The van der Waals surface area contributed by atoms with Crippen LogP contribution in [0.1, 0.15) is 12.8 Å². The molecule has 4 heteroatoms. The van der Waals surface area contributed by atoms with Gasteiger partial charge in [0.05, 0.1) is 12.7 Å². The summed E-state index contributed by atoms with van der Waals surface area (Å²) in [5, 5.41) is 21.0. The molecule has 0 amide bonds. The van der Waals surface area contributed by atoms with Gasteiger partial charge >= 0.3 is 0 Å². The molecule has 2 unspecified atom stereocenters.